The van der Waals surface area contributed by atoms with Crippen LogP contribution in [0.1, 0.15) is 15.9 Å². The molecule has 24 heavy (non-hydrogen) atoms. The van der Waals surface area contributed by atoms with E-state index < -0.39 is 22.4 Å². The van der Waals surface area contributed by atoms with Crippen LogP contribution in [0.2, 0.25) is 0 Å². The van der Waals surface area contributed by atoms with Gasteiger partial charge in [0.05, 0.1) is 10.5 Å². The molecule has 0 aliphatic heterocycles. The number of nitrogens with one attached hydrogen (secondary N) is 1. The number of carbonyl (C=O) groups excluding carboxylic acids is 1. The van der Waals surface area contributed by atoms with Crippen molar-refractivity contribution in [2.45, 2.75) is 6.18 Å². The summed E-state index contributed by atoms with van der Waals surface area (Å²) in [5.41, 5.74) is -0.773. The van der Waals surface area contributed by atoms with E-state index in [0.717, 1.165) is 24.3 Å². The molecule has 0 aliphatic rings. The van der Waals surface area contributed by atoms with Crippen molar-refractivity contribution in [3.63, 3.8) is 0 Å². The van der Waals surface area contributed by atoms with Crippen molar-refractivity contribution >= 4 is 17.2 Å². The molecular formula is C16H11F3N2O3. The van der Waals surface area contributed by atoms with Crippen LogP contribution in [0.4, 0.5) is 24.5 Å². The Morgan fingerprint density at radius 1 is 1.12 bits per heavy atom. The van der Waals surface area contributed by atoms with Crippen LogP contribution in [0.15, 0.2) is 60.8 Å². The molecule has 0 bridgehead atoms. The fraction of sp³-hybridized carbons (Fsp3) is 0.0625. The fourth-order valence-electron chi connectivity index (χ4n) is 1.87. The highest BCUT2D eigenvalue weighted by Crippen LogP contribution is 2.29. The van der Waals surface area contributed by atoms with Gasteiger partial charge in [0.25, 0.3) is 5.69 Å². The third-order valence-electron chi connectivity index (χ3n) is 3.02. The molecule has 0 saturated carbocycles. The van der Waals surface area contributed by atoms with E-state index in [1.165, 1.54) is 30.5 Å². The molecule has 0 aliphatic carbocycles. The molecule has 0 radical (unpaired) electrons. The van der Waals surface area contributed by atoms with Crippen molar-refractivity contribution in [2.24, 2.45) is 0 Å². The maximum Gasteiger partial charge on any atom is 0.416 e. The molecule has 1 N–H and O–H groups in total. The number of rotatable bonds is 5. The van der Waals surface area contributed by atoms with E-state index in [1.54, 1.807) is 6.07 Å². The molecule has 0 fully saturated rings. The number of hydrogen-bond acceptors (Lipinski definition) is 4. The van der Waals surface area contributed by atoms with Crippen molar-refractivity contribution in [3.8, 4) is 0 Å². The average molecular weight is 336 g/mol. The third kappa shape index (κ3) is 4.42. The molecule has 0 saturated heterocycles. The van der Waals surface area contributed by atoms with E-state index in [0.29, 0.717) is 5.69 Å². The number of hydrogen-bond donors (Lipinski definition) is 1. The summed E-state index contributed by atoms with van der Waals surface area (Å²) in [4.78, 5) is 22.0. The first-order chi connectivity index (χ1) is 11.3. The molecule has 2 aromatic carbocycles. The summed E-state index contributed by atoms with van der Waals surface area (Å²) >= 11 is 0. The molecule has 0 heterocycles. The smallest absolute Gasteiger partial charge is 0.361 e. The van der Waals surface area contributed by atoms with E-state index in [-0.39, 0.29) is 11.3 Å². The van der Waals surface area contributed by atoms with Crippen LogP contribution < -0.4 is 5.32 Å². The molecular weight excluding hydrogens is 325 g/mol. The van der Waals surface area contributed by atoms with Crippen molar-refractivity contribution in [3.05, 3.63) is 82.0 Å². The maximum atomic E-state index is 12.6. The van der Waals surface area contributed by atoms with Gasteiger partial charge in [-0.3, -0.25) is 14.9 Å². The number of anilines is 1. The second-order valence-corrected chi connectivity index (χ2v) is 4.73. The molecule has 2 aromatic rings. The lowest BCUT2D eigenvalue weighted by Gasteiger charge is -2.07. The molecule has 0 atom stereocenters. The van der Waals surface area contributed by atoms with Gasteiger partial charge in [0.2, 0.25) is 0 Å². The number of benzene rings is 2. The Hall–Kier alpha value is -3.16. The number of allylic oxidation sites excluding steroid dienone is 1. The van der Waals surface area contributed by atoms with Crippen molar-refractivity contribution in [2.75, 3.05) is 5.32 Å². The zero-order valence-corrected chi connectivity index (χ0v) is 12.1. The van der Waals surface area contributed by atoms with Gasteiger partial charge >= 0.3 is 6.18 Å². The van der Waals surface area contributed by atoms with E-state index in [2.05, 4.69) is 5.32 Å². The van der Waals surface area contributed by atoms with Gasteiger partial charge in [-0.25, -0.2) is 0 Å². The van der Waals surface area contributed by atoms with Crippen LogP contribution in [0, 0.1) is 10.1 Å². The first-order valence-electron chi connectivity index (χ1n) is 6.66. The summed E-state index contributed by atoms with van der Waals surface area (Å²) in [5.74, 6) is -0.626. The molecule has 0 aromatic heterocycles. The first-order valence-corrected chi connectivity index (χ1v) is 6.66. The highest BCUT2D eigenvalue weighted by Gasteiger charge is 2.30. The monoisotopic (exact) mass is 336 g/mol. The largest absolute Gasteiger partial charge is 0.416 e. The Morgan fingerprint density at radius 2 is 1.83 bits per heavy atom. The standard InChI is InChI=1S/C16H11F3N2O3/c17-16(18,19)12-4-1-3-11(9-12)15(22)7-8-20-13-5-2-6-14(10-13)21(23)24/h1-10,20H/b8-7-. The molecule has 5 nitrogen and oxygen atoms in total. The summed E-state index contributed by atoms with van der Waals surface area (Å²) in [6.45, 7) is 0. The number of nitro benzene ring substituents is 1. The first kappa shape index (κ1) is 17.2. The average Bonchev–Trinajstić information content (AvgIpc) is 2.54. The SMILES string of the molecule is O=C(/C=C\Nc1cccc([N+](=O)[O-])c1)c1cccc(C(F)(F)F)c1. The van der Waals surface area contributed by atoms with Crippen LogP contribution >= 0.6 is 0 Å². The minimum atomic E-state index is -4.53. The molecule has 0 amide bonds. The molecule has 0 spiro atoms. The van der Waals surface area contributed by atoms with Crippen LogP contribution in [-0.2, 0) is 6.18 Å². The third-order valence-corrected chi connectivity index (χ3v) is 3.02. The highest BCUT2D eigenvalue weighted by molar-refractivity contribution is 6.04. The maximum absolute atomic E-state index is 12.6. The van der Waals surface area contributed by atoms with Gasteiger partial charge in [-0.05, 0) is 18.2 Å². The number of alkyl halides is 3. The van der Waals surface area contributed by atoms with E-state index in [4.69, 9.17) is 0 Å². The van der Waals surface area contributed by atoms with Crippen LogP contribution in [0.25, 0.3) is 0 Å². The van der Waals surface area contributed by atoms with E-state index in [1.807, 2.05) is 0 Å². The Bertz CT molecular complexity index is 801. The van der Waals surface area contributed by atoms with Gasteiger partial charge in [-0.1, -0.05) is 18.2 Å². The fourth-order valence-corrected chi connectivity index (χ4v) is 1.87. The van der Waals surface area contributed by atoms with Gasteiger partial charge in [0.15, 0.2) is 5.78 Å². The molecule has 124 valence electrons. The zero-order chi connectivity index (χ0) is 17.7. The number of non-ortho nitro benzene ring substituents is 1. The highest BCUT2D eigenvalue weighted by atomic mass is 19.4. The van der Waals surface area contributed by atoms with Gasteiger partial charge in [-0.15, -0.1) is 0 Å². The predicted molar refractivity (Wildman–Crippen MR) is 81.6 cm³/mol. The lowest BCUT2D eigenvalue weighted by atomic mass is 10.1. The van der Waals surface area contributed by atoms with E-state index in [9.17, 15) is 28.1 Å². The second-order valence-electron chi connectivity index (χ2n) is 4.73. The molecule has 2 rings (SSSR count). The number of nitro groups is 1. The number of halogens is 3. The topological polar surface area (TPSA) is 72.2 Å². The number of carbonyl (C=O) groups is 1. The second kappa shape index (κ2) is 6.95. The van der Waals surface area contributed by atoms with Crippen molar-refractivity contribution < 1.29 is 22.9 Å². The van der Waals surface area contributed by atoms with Crippen molar-refractivity contribution in [1.29, 1.82) is 0 Å². The summed E-state index contributed by atoms with van der Waals surface area (Å²) in [6, 6.07) is 9.64. The van der Waals surface area contributed by atoms with Gasteiger partial charge in [0.1, 0.15) is 0 Å². The Kier molecular flexibility index (Phi) is 4.98. The summed E-state index contributed by atoms with van der Waals surface area (Å²) in [7, 11) is 0. The van der Waals surface area contributed by atoms with Gasteiger partial charge in [-0.2, -0.15) is 13.2 Å². The van der Waals surface area contributed by atoms with Crippen LogP contribution in [0.5, 0.6) is 0 Å². The summed E-state index contributed by atoms with van der Waals surface area (Å²) in [5, 5.41) is 13.3. The Morgan fingerprint density at radius 3 is 2.50 bits per heavy atom. The van der Waals surface area contributed by atoms with Gasteiger partial charge in [0, 0.05) is 35.7 Å². The number of nitrogens with zero attached hydrogens (tertiary/aromatic N) is 1. The quantitative estimate of drug-likeness (QED) is 0.380. The minimum absolute atomic E-state index is 0.109. The number of ketones is 1. The lowest BCUT2D eigenvalue weighted by Crippen LogP contribution is -2.06. The molecule has 0 unspecified atom stereocenters. The Labute approximate surface area is 134 Å². The Balaban J connectivity index is 2.08. The van der Waals surface area contributed by atoms with E-state index >= 15 is 0 Å². The summed E-state index contributed by atoms with van der Waals surface area (Å²) in [6.07, 6.45) is -2.27. The molecule has 8 heteroatoms. The van der Waals surface area contributed by atoms with Crippen molar-refractivity contribution in [1.82, 2.24) is 0 Å². The lowest BCUT2D eigenvalue weighted by molar-refractivity contribution is -0.384. The van der Waals surface area contributed by atoms with Gasteiger partial charge < -0.3 is 5.32 Å². The predicted octanol–water partition coefficient (Wildman–Crippen LogP) is 4.42. The normalized spacial score (nSPS) is 11.5. The minimum Gasteiger partial charge on any atom is -0.361 e. The zero-order valence-electron chi connectivity index (χ0n) is 12.1. The summed E-state index contributed by atoms with van der Waals surface area (Å²) < 4.78 is 37.8. The van der Waals surface area contributed by atoms with Crippen LogP contribution in [0.3, 0.4) is 0 Å². The van der Waals surface area contributed by atoms with Crippen LogP contribution in [-0.4, -0.2) is 10.7 Å².